The Hall–Kier alpha value is -3.35. The molecule has 1 unspecified atom stereocenters. The number of amides is 2. The van der Waals surface area contributed by atoms with E-state index in [1.807, 2.05) is 43.3 Å². The van der Waals surface area contributed by atoms with Crippen LogP contribution >= 0.6 is 0 Å². The van der Waals surface area contributed by atoms with Gasteiger partial charge in [-0.15, -0.1) is 0 Å². The molecule has 0 heterocycles. The Morgan fingerprint density at radius 2 is 1.62 bits per heavy atom. The summed E-state index contributed by atoms with van der Waals surface area (Å²) in [7, 11) is 0. The van der Waals surface area contributed by atoms with E-state index in [1.165, 1.54) is 0 Å². The van der Waals surface area contributed by atoms with E-state index in [0.29, 0.717) is 12.8 Å². The van der Waals surface area contributed by atoms with Gasteiger partial charge in [0, 0.05) is 12.0 Å². The standard InChI is InChI=1S/C25H30N2O5/c1-4-13-25(3,23(30)26-16(2)14-22(28)29)27-24(31)32-15-21-19-11-7-5-9-17(19)18-10-6-8-12-20(18)21/h5-12,16,21H,4,13-15H2,1-3H3,(H,26,30)(H,27,31)(H,28,29)/t16-,25?/m0/s1. The van der Waals surface area contributed by atoms with Crippen LogP contribution in [0.15, 0.2) is 48.5 Å². The van der Waals surface area contributed by atoms with Crippen LogP contribution in [-0.2, 0) is 14.3 Å². The second-order valence-corrected chi connectivity index (χ2v) is 8.51. The summed E-state index contributed by atoms with van der Waals surface area (Å²) in [6.07, 6.45) is 0.173. The van der Waals surface area contributed by atoms with Crippen molar-refractivity contribution in [1.29, 1.82) is 0 Å². The topological polar surface area (TPSA) is 105 Å². The zero-order valence-electron chi connectivity index (χ0n) is 18.7. The Balaban J connectivity index is 1.67. The number of hydrogen-bond acceptors (Lipinski definition) is 4. The van der Waals surface area contributed by atoms with E-state index in [9.17, 15) is 14.4 Å². The van der Waals surface area contributed by atoms with E-state index >= 15 is 0 Å². The number of carbonyl (C=O) groups excluding carboxylic acids is 2. The number of alkyl carbamates (subject to hydrolysis) is 1. The molecule has 7 heteroatoms. The summed E-state index contributed by atoms with van der Waals surface area (Å²) in [5.41, 5.74) is 3.29. The zero-order valence-corrected chi connectivity index (χ0v) is 18.7. The van der Waals surface area contributed by atoms with Gasteiger partial charge in [0.25, 0.3) is 0 Å². The number of benzene rings is 2. The minimum Gasteiger partial charge on any atom is -0.481 e. The number of aliphatic carboxylic acids is 1. The average molecular weight is 439 g/mol. The Bertz CT molecular complexity index is 960. The van der Waals surface area contributed by atoms with E-state index in [2.05, 4.69) is 22.8 Å². The monoisotopic (exact) mass is 438 g/mol. The first-order valence-electron chi connectivity index (χ1n) is 10.9. The van der Waals surface area contributed by atoms with E-state index in [1.54, 1.807) is 13.8 Å². The van der Waals surface area contributed by atoms with Crippen LogP contribution in [0.2, 0.25) is 0 Å². The number of rotatable bonds is 9. The minimum atomic E-state index is -1.20. The van der Waals surface area contributed by atoms with Gasteiger partial charge in [0.1, 0.15) is 12.1 Å². The van der Waals surface area contributed by atoms with E-state index in [-0.39, 0.29) is 18.9 Å². The number of carboxylic acid groups (broad SMARTS) is 1. The maximum absolute atomic E-state index is 12.8. The molecule has 0 saturated carbocycles. The third kappa shape index (κ3) is 5.10. The number of hydrogen-bond donors (Lipinski definition) is 3. The Morgan fingerprint density at radius 1 is 1.06 bits per heavy atom. The van der Waals surface area contributed by atoms with Crippen molar-refractivity contribution < 1.29 is 24.2 Å². The number of carbonyl (C=O) groups is 3. The number of nitrogens with one attached hydrogen (secondary N) is 2. The molecule has 0 spiro atoms. The highest BCUT2D eigenvalue weighted by molar-refractivity contribution is 5.90. The molecule has 0 aliphatic heterocycles. The molecule has 3 rings (SSSR count). The number of fused-ring (bicyclic) bond motifs is 3. The third-order valence-electron chi connectivity index (χ3n) is 5.83. The Morgan fingerprint density at radius 3 is 2.16 bits per heavy atom. The summed E-state index contributed by atoms with van der Waals surface area (Å²) >= 11 is 0. The largest absolute Gasteiger partial charge is 0.481 e. The molecule has 0 aromatic heterocycles. The molecule has 7 nitrogen and oxygen atoms in total. The van der Waals surface area contributed by atoms with Crippen LogP contribution in [0.25, 0.3) is 11.1 Å². The van der Waals surface area contributed by atoms with Crippen molar-refractivity contribution in [3.63, 3.8) is 0 Å². The fourth-order valence-electron chi connectivity index (χ4n) is 4.29. The van der Waals surface area contributed by atoms with Gasteiger partial charge in [0.2, 0.25) is 5.91 Å². The molecule has 0 radical (unpaired) electrons. The van der Waals surface area contributed by atoms with E-state index in [0.717, 1.165) is 22.3 Å². The molecule has 170 valence electrons. The maximum atomic E-state index is 12.8. The summed E-state index contributed by atoms with van der Waals surface area (Å²) in [5.74, 6) is -1.50. The van der Waals surface area contributed by atoms with Gasteiger partial charge in [-0.05, 0) is 42.5 Å². The number of carboxylic acids is 1. The lowest BCUT2D eigenvalue weighted by Gasteiger charge is -2.30. The van der Waals surface area contributed by atoms with Crippen LogP contribution in [0.1, 0.15) is 57.1 Å². The highest BCUT2D eigenvalue weighted by Crippen LogP contribution is 2.44. The van der Waals surface area contributed by atoms with Gasteiger partial charge in [-0.1, -0.05) is 61.9 Å². The predicted octanol–water partition coefficient (Wildman–Crippen LogP) is 4.06. The van der Waals surface area contributed by atoms with Crippen LogP contribution < -0.4 is 10.6 Å². The van der Waals surface area contributed by atoms with Crippen molar-refractivity contribution in [2.45, 2.75) is 57.5 Å². The summed E-state index contributed by atoms with van der Waals surface area (Å²) in [5, 5.41) is 14.3. The highest BCUT2D eigenvalue weighted by atomic mass is 16.5. The SMILES string of the molecule is CCCC(C)(NC(=O)OCC1c2ccccc2-c2ccccc21)C(=O)N[C@@H](C)CC(=O)O. The molecular formula is C25H30N2O5. The average Bonchev–Trinajstić information content (AvgIpc) is 3.05. The second kappa shape index (κ2) is 9.85. The summed E-state index contributed by atoms with van der Waals surface area (Å²) < 4.78 is 5.58. The molecule has 2 aromatic carbocycles. The van der Waals surface area contributed by atoms with Crippen molar-refractivity contribution >= 4 is 18.0 Å². The molecule has 0 fully saturated rings. The lowest BCUT2D eigenvalue weighted by atomic mass is 9.94. The van der Waals surface area contributed by atoms with Crippen LogP contribution in [0.5, 0.6) is 0 Å². The Kier molecular flexibility index (Phi) is 7.18. The fraction of sp³-hybridized carbons (Fsp3) is 0.400. The molecule has 32 heavy (non-hydrogen) atoms. The number of ether oxygens (including phenoxy) is 1. The predicted molar refractivity (Wildman–Crippen MR) is 121 cm³/mol. The summed E-state index contributed by atoms with van der Waals surface area (Å²) in [6.45, 7) is 5.30. The molecule has 2 aromatic rings. The van der Waals surface area contributed by atoms with E-state index < -0.39 is 29.6 Å². The first-order chi connectivity index (χ1) is 15.2. The maximum Gasteiger partial charge on any atom is 0.408 e. The molecular weight excluding hydrogens is 408 g/mol. The molecule has 3 N–H and O–H groups in total. The van der Waals surface area contributed by atoms with Gasteiger partial charge < -0.3 is 20.5 Å². The van der Waals surface area contributed by atoms with Crippen molar-refractivity contribution in [3.05, 3.63) is 59.7 Å². The van der Waals surface area contributed by atoms with Crippen molar-refractivity contribution in [2.24, 2.45) is 0 Å². The minimum absolute atomic E-state index is 0.0741. The second-order valence-electron chi connectivity index (χ2n) is 8.51. The van der Waals surface area contributed by atoms with E-state index in [4.69, 9.17) is 9.84 Å². The smallest absolute Gasteiger partial charge is 0.408 e. The van der Waals surface area contributed by atoms with Crippen LogP contribution in [0.3, 0.4) is 0 Å². The lowest BCUT2D eigenvalue weighted by molar-refractivity contribution is -0.137. The first kappa shape index (κ1) is 23.3. The summed E-state index contributed by atoms with van der Waals surface area (Å²) in [4.78, 5) is 36.4. The van der Waals surface area contributed by atoms with Gasteiger partial charge in [0.15, 0.2) is 0 Å². The Labute approximate surface area is 188 Å². The molecule has 0 saturated heterocycles. The fourth-order valence-corrected chi connectivity index (χ4v) is 4.29. The van der Waals surface area contributed by atoms with Gasteiger partial charge in [-0.3, -0.25) is 9.59 Å². The quantitative estimate of drug-likeness (QED) is 0.548. The lowest BCUT2D eigenvalue weighted by Crippen LogP contribution is -2.58. The van der Waals surface area contributed by atoms with Crippen LogP contribution in [0.4, 0.5) is 4.79 Å². The highest BCUT2D eigenvalue weighted by Gasteiger charge is 2.36. The molecule has 1 aliphatic carbocycles. The third-order valence-corrected chi connectivity index (χ3v) is 5.83. The molecule has 2 amide bonds. The summed E-state index contributed by atoms with van der Waals surface area (Å²) in [6, 6.07) is 15.6. The first-order valence-corrected chi connectivity index (χ1v) is 10.9. The molecule has 2 atom stereocenters. The van der Waals surface area contributed by atoms with Gasteiger partial charge in [0.05, 0.1) is 6.42 Å². The van der Waals surface area contributed by atoms with Crippen molar-refractivity contribution in [1.82, 2.24) is 10.6 Å². The molecule has 1 aliphatic rings. The van der Waals surface area contributed by atoms with Crippen LogP contribution in [-0.4, -0.2) is 41.3 Å². The van der Waals surface area contributed by atoms with Gasteiger partial charge in [-0.2, -0.15) is 0 Å². The van der Waals surface area contributed by atoms with Gasteiger partial charge in [-0.25, -0.2) is 4.79 Å². The van der Waals surface area contributed by atoms with Crippen LogP contribution in [0, 0.1) is 0 Å². The normalized spacial score (nSPS) is 15.1. The van der Waals surface area contributed by atoms with Gasteiger partial charge >= 0.3 is 12.1 Å². The van der Waals surface area contributed by atoms with Crippen molar-refractivity contribution in [2.75, 3.05) is 6.61 Å². The molecule has 0 bridgehead atoms. The zero-order chi connectivity index (χ0) is 23.3. The van der Waals surface area contributed by atoms with Crippen molar-refractivity contribution in [3.8, 4) is 11.1 Å².